The van der Waals surface area contributed by atoms with E-state index in [4.69, 9.17) is 14.9 Å². The highest BCUT2D eigenvalue weighted by atomic mass is 16.5. The lowest BCUT2D eigenvalue weighted by Crippen LogP contribution is -2.15. The molecule has 0 saturated heterocycles. The Kier molecular flexibility index (Phi) is 6.18. The molecule has 0 spiro atoms. The van der Waals surface area contributed by atoms with Gasteiger partial charge in [0.05, 0.1) is 6.04 Å². The lowest BCUT2D eigenvalue weighted by molar-refractivity contribution is 0.0467. The number of para-hydroxylation sites is 1. The van der Waals surface area contributed by atoms with Gasteiger partial charge in [0, 0.05) is 22.7 Å². The average molecular weight is 418 g/mol. The molecule has 0 aliphatic heterocycles. The van der Waals surface area contributed by atoms with E-state index >= 15 is 0 Å². The van der Waals surface area contributed by atoms with E-state index in [1.165, 1.54) is 0 Å². The Hall–Kier alpha value is -3.38. The number of oxazole rings is 1. The van der Waals surface area contributed by atoms with Gasteiger partial charge in [-0.1, -0.05) is 68.8 Å². The Morgan fingerprint density at radius 2 is 1.90 bits per heavy atom. The molecule has 0 radical (unpaired) electrons. The summed E-state index contributed by atoms with van der Waals surface area (Å²) in [4.78, 5) is 20.7. The van der Waals surface area contributed by atoms with E-state index in [2.05, 4.69) is 23.8 Å². The van der Waals surface area contributed by atoms with Crippen molar-refractivity contribution in [3.63, 3.8) is 0 Å². The number of H-pyrrole nitrogens is 1. The van der Waals surface area contributed by atoms with Gasteiger partial charge in [0.2, 0.25) is 5.89 Å². The van der Waals surface area contributed by atoms with Gasteiger partial charge in [-0.3, -0.25) is 0 Å². The Labute approximate surface area is 181 Å². The molecule has 31 heavy (non-hydrogen) atoms. The maximum Gasteiger partial charge on any atom is 0.361 e. The number of aromatic nitrogens is 2. The van der Waals surface area contributed by atoms with E-state index in [0.29, 0.717) is 17.6 Å². The standard InChI is InChI=1S/C25H27N3O3/c1-3-16(2)13-20(26)24-28-22(25(29)30-15-17-9-5-4-6-10-17)23(31-24)19-14-27-21-12-8-7-11-18(19)21/h4-12,14,16,20,27H,3,13,15,26H2,1-2H3/t16-,20+/m1/s1. The van der Waals surface area contributed by atoms with Crippen molar-refractivity contribution in [1.29, 1.82) is 0 Å². The third-order valence-corrected chi connectivity index (χ3v) is 5.55. The molecule has 2 aromatic heterocycles. The first-order chi connectivity index (χ1) is 15.1. The maximum atomic E-state index is 13.0. The highest BCUT2D eigenvalue weighted by molar-refractivity contribution is 6.01. The number of carbonyl (C=O) groups is 1. The minimum atomic E-state index is -0.533. The van der Waals surface area contributed by atoms with Gasteiger partial charge in [-0.15, -0.1) is 0 Å². The highest BCUT2D eigenvalue weighted by Crippen LogP contribution is 2.34. The molecule has 160 valence electrons. The molecule has 0 fully saturated rings. The number of fused-ring (bicyclic) bond motifs is 1. The summed E-state index contributed by atoms with van der Waals surface area (Å²) in [5.74, 6) is 0.624. The number of carbonyl (C=O) groups excluding carboxylic acids is 1. The summed E-state index contributed by atoms with van der Waals surface area (Å²) in [6, 6.07) is 17.0. The number of hydrogen-bond donors (Lipinski definition) is 2. The van der Waals surface area contributed by atoms with Crippen LogP contribution in [0.15, 0.2) is 65.2 Å². The minimum Gasteiger partial charge on any atom is -0.456 e. The third-order valence-electron chi connectivity index (χ3n) is 5.55. The number of hydrogen-bond acceptors (Lipinski definition) is 5. The van der Waals surface area contributed by atoms with Crippen LogP contribution in [0.4, 0.5) is 0 Å². The zero-order valence-electron chi connectivity index (χ0n) is 17.8. The Balaban J connectivity index is 1.69. The van der Waals surface area contributed by atoms with Gasteiger partial charge < -0.3 is 19.9 Å². The molecule has 3 N–H and O–H groups in total. The highest BCUT2D eigenvalue weighted by Gasteiger charge is 2.27. The molecule has 4 rings (SSSR count). The molecular weight excluding hydrogens is 390 g/mol. The van der Waals surface area contributed by atoms with Gasteiger partial charge in [0.15, 0.2) is 11.5 Å². The van der Waals surface area contributed by atoms with Crippen molar-refractivity contribution in [2.45, 2.75) is 39.3 Å². The Morgan fingerprint density at radius 1 is 1.16 bits per heavy atom. The molecule has 2 aromatic carbocycles. The second-order valence-electron chi connectivity index (χ2n) is 7.90. The van der Waals surface area contributed by atoms with E-state index in [-0.39, 0.29) is 12.3 Å². The molecule has 6 heteroatoms. The van der Waals surface area contributed by atoms with Crippen LogP contribution >= 0.6 is 0 Å². The summed E-state index contributed by atoms with van der Waals surface area (Å²) in [6.07, 6.45) is 3.56. The van der Waals surface area contributed by atoms with Crippen LogP contribution in [0.5, 0.6) is 0 Å². The lowest BCUT2D eigenvalue weighted by atomic mass is 10.00. The van der Waals surface area contributed by atoms with E-state index in [9.17, 15) is 4.79 Å². The van der Waals surface area contributed by atoms with Crippen LogP contribution in [0.25, 0.3) is 22.2 Å². The maximum absolute atomic E-state index is 13.0. The van der Waals surface area contributed by atoms with E-state index in [0.717, 1.165) is 34.9 Å². The summed E-state index contributed by atoms with van der Waals surface area (Å²) in [5.41, 5.74) is 9.13. The second kappa shape index (κ2) is 9.18. The van der Waals surface area contributed by atoms with Gasteiger partial charge in [-0.05, 0) is 24.0 Å². The number of nitrogens with two attached hydrogens (primary N) is 1. The van der Waals surface area contributed by atoms with Crippen LogP contribution in [0.1, 0.15) is 54.7 Å². The first kappa shape index (κ1) is 20.9. The largest absolute Gasteiger partial charge is 0.456 e. The predicted octanol–water partition coefficient (Wildman–Crippen LogP) is 5.62. The molecule has 0 amide bonds. The van der Waals surface area contributed by atoms with Crippen molar-refractivity contribution in [1.82, 2.24) is 9.97 Å². The fourth-order valence-corrected chi connectivity index (χ4v) is 3.57. The normalized spacial score (nSPS) is 13.3. The van der Waals surface area contributed by atoms with E-state index < -0.39 is 12.0 Å². The van der Waals surface area contributed by atoms with Crippen LogP contribution in [-0.2, 0) is 11.3 Å². The van der Waals surface area contributed by atoms with Gasteiger partial charge in [0.25, 0.3) is 0 Å². The topological polar surface area (TPSA) is 94.1 Å². The summed E-state index contributed by atoms with van der Waals surface area (Å²) in [6.45, 7) is 4.42. The summed E-state index contributed by atoms with van der Waals surface area (Å²) >= 11 is 0. The zero-order valence-corrected chi connectivity index (χ0v) is 17.8. The molecule has 0 saturated carbocycles. The first-order valence-electron chi connectivity index (χ1n) is 10.6. The van der Waals surface area contributed by atoms with Gasteiger partial charge in [-0.2, -0.15) is 0 Å². The summed E-state index contributed by atoms with van der Waals surface area (Å²) in [5, 5.41) is 0.942. The summed E-state index contributed by atoms with van der Waals surface area (Å²) in [7, 11) is 0. The molecule has 0 unspecified atom stereocenters. The van der Waals surface area contributed by atoms with Crippen molar-refractivity contribution < 1.29 is 13.9 Å². The first-order valence-corrected chi connectivity index (χ1v) is 10.6. The zero-order chi connectivity index (χ0) is 21.8. The number of nitrogens with zero attached hydrogens (tertiary/aromatic N) is 1. The number of ether oxygens (including phenoxy) is 1. The summed E-state index contributed by atoms with van der Waals surface area (Å²) < 4.78 is 11.6. The van der Waals surface area contributed by atoms with Crippen molar-refractivity contribution >= 4 is 16.9 Å². The number of nitrogens with one attached hydrogen (secondary N) is 1. The number of aromatic amines is 1. The SMILES string of the molecule is CC[C@@H](C)C[C@H](N)c1nc(C(=O)OCc2ccccc2)c(-c2c[nH]c3ccccc23)o1. The quantitative estimate of drug-likeness (QED) is 0.363. The molecule has 0 aliphatic carbocycles. The van der Waals surface area contributed by atoms with Crippen molar-refractivity contribution in [3.8, 4) is 11.3 Å². The Morgan fingerprint density at radius 3 is 2.68 bits per heavy atom. The second-order valence-corrected chi connectivity index (χ2v) is 7.90. The van der Waals surface area contributed by atoms with Crippen LogP contribution in [0.3, 0.4) is 0 Å². The Bertz CT molecular complexity index is 1160. The van der Waals surface area contributed by atoms with Gasteiger partial charge in [-0.25, -0.2) is 9.78 Å². The predicted molar refractivity (Wildman–Crippen MR) is 120 cm³/mol. The molecule has 0 aliphatic rings. The van der Waals surface area contributed by atoms with Crippen molar-refractivity contribution in [3.05, 3.63) is 77.9 Å². The van der Waals surface area contributed by atoms with Gasteiger partial charge >= 0.3 is 5.97 Å². The molecule has 2 atom stereocenters. The van der Waals surface area contributed by atoms with Crippen molar-refractivity contribution in [2.75, 3.05) is 0 Å². The monoisotopic (exact) mass is 417 g/mol. The van der Waals surface area contributed by atoms with E-state index in [1.54, 1.807) is 0 Å². The van der Waals surface area contributed by atoms with Crippen LogP contribution in [0.2, 0.25) is 0 Å². The third kappa shape index (κ3) is 4.54. The van der Waals surface area contributed by atoms with Crippen LogP contribution in [-0.4, -0.2) is 15.9 Å². The number of benzene rings is 2. The van der Waals surface area contributed by atoms with E-state index in [1.807, 2.05) is 60.8 Å². The minimum absolute atomic E-state index is 0.148. The van der Waals surface area contributed by atoms with Crippen molar-refractivity contribution in [2.24, 2.45) is 11.7 Å². The molecule has 6 nitrogen and oxygen atoms in total. The van der Waals surface area contributed by atoms with Crippen LogP contribution in [0, 0.1) is 5.92 Å². The number of rotatable bonds is 8. The lowest BCUT2D eigenvalue weighted by Gasteiger charge is -2.12. The fraction of sp³-hybridized carbons (Fsp3) is 0.280. The smallest absolute Gasteiger partial charge is 0.361 e. The fourth-order valence-electron chi connectivity index (χ4n) is 3.57. The van der Waals surface area contributed by atoms with Gasteiger partial charge in [0.1, 0.15) is 6.61 Å². The van der Waals surface area contributed by atoms with Crippen LogP contribution < -0.4 is 5.73 Å². The molecule has 0 bridgehead atoms. The molecule has 2 heterocycles. The molecule has 4 aromatic rings. The number of esters is 1. The average Bonchev–Trinajstić information content (AvgIpc) is 3.42. The molecular formula is C25H27N3O3.